The van der Waals surface area contributed by atoms with E-state index in [-0.39, 0.29) is 12.1 Å². The van der Waals surface area contributed by atoms with Crippen LogP contribution in [0, 0.1) is 0 Å². The number of hydrogen-bond acceptors (Lipinski definition) is 3. The second kappa shape index (κ2) is 8.02. The van der Waals surface area contributed by atoms with Gasteiger partial charge in [-0.25, -0.2) is 9.78 Å². The molecule has 0 unspecified atom stereocenters. The molecule has 0 radical (unpaired) electrons. The molecule has 1 aromatic heterocycles. The Hall–Kier alpha value is -2.27. The van der Waals surface area contributed by atoms with Gasteiger partial charge in [-0.05, 0) is 49.2 Å². The lowest BCUT2D eigenvalue weighted by Gasteiger charge is -2.22. The Kier molecular flexibility index (Phi) is 5.54. The molecule has 2 amide bonds. The molecule has 2 aromatic rings. The van der Waals surface area contributed by atoms with Crippen LogP contribution in [0.25, 0.3) is 0 Å². The zero-order valence-electron chi connectivity index (χ0n) is 13.4. The summed E-state index contributed by atoms with van der Waals surface area (Å²) in [6.45, 7) is 0. The van der Waals surface area contributed by atoms with E-state index in [1.165, 1.54) is 19.3 Å². The molecular formula is C18H21ClN4O. The second-order valence-corrected chi connectivity index (χ2v) is 6.43. The molecule has 0 spiro atoms. The molecule has 1 heterocycles. The Balaban J connectivity index is 1.52. The first kappa shape index (κ1) is 16.6. The van der Waals surface area contributed by atoms with Gasteiger partial charge in [-0.1, -0.05) is 30.9 Å². The summed E-state index contributed by atoms with van der Waals surface area (Å²) < 4.78 is 0. The zero-order valence-corrected chi connectivity index (χ0v) is 14.1. The van der Waals surface area contributed by atoms with Crippen LogP contribution in [0.15, 0.2) is 42.6 Å². The number of rotatable bonds is 4. The fourth-order valence-corrected chi connectivity index (χ4v) is 2.95. The van der Waals surface area contributed by atoms with Crippen molar-refractivity contribution in [3.05, 3.63) is 47.6 Å². The van der Waals surface area contributed by atoms with Gasteiger partial charge in [0, 0.05) is 16.8 Å². The smallest absolute Gasteiger partial charge is 0.320 e. The van der Waals surface area contributed by atoms with Crippen molar-refractivity contribution in [3.8, 4) is 0 Å². The van der Waals surface area contributed by atoms with Crippen molar-refractivity contribution in [2.45, 2.75) is 38.1 Å². The van der Waals surface area contributed by atoms with Crippen LogP contribution in [0.4, 0.5) is 22.0 Å². The van der Waals surface area contributed by atoms with E-state index >= 15 is 0 Å². The van der Waals surface area contributed by atoms with E-state index < -0.39 is 0 Å². The number of nitrogens with one attached hydrogen (secondary N) is 3. The summed E-state index contributed by atoms with van der Waals surface area (Å²) in [7, 11) is 0. The summed E-state index contributed by atoms with van der Waals surface area (Å²) >= 11 is 5.87. The Morgan fingerprint density at radius 2 is 1.71 bits per heavy atom. The minimum absolute atomic E-state index is 0.187. The molecule has 1 aliphatic rings. The van der Waals surface area contributed by atoms with Crippen molar-refractivity contribution in [2.75, 3.05) is 10.6 Å². The minimum atomic E-state index is -0.187. The normalized spacial score (nSPS) is 14.9. The number of halogens is 1. The van der Waals surface area contributed by atoms with E-state index in [2.05, 4.69) is 20.9 Å². The van der Waals surface area contributed by atoms with Crippen LogP contribution in [0.5, 0.6) is 0 Å². The number of hydrogen-bond donors (Lipinski definition) is 3. The predicted molar refractivity (Wildman–Crippen MR) is 98.0 cm³/mol. The number of amides is 2. The van der Waals surface area contributed by atoms with Gasteiger partial charge in [0.1, 0.15) is 5.82 Å². The highest BCUT2D eigenvalue weighted by atomic mass is 35.5. The number of pyridine rings is 1. The zero-order chi connectivity index (χ0) is 16.8. The standard InChI is InChI=1S/C18H21ClN4O/c19-13-6-8-15(9-7-13)21-16-10-11-17(20-12-16)23-18(24)22-14-4-2-1-3-5-14/h6-12,14,21H,1-5H2,(H2,20,22,23,24). The molecule has 0 aliphatic heterocycles. The van der Waals surface area contributed by atoms with E-state index in [0.29, 0.717) is 10.8 Å². The van der Waals surface area contributed by atoms with E-state index in [0.717, 1.165) is 24.2 Å². The van der Waals surface area contributed by atoms with Crippen molar-refractivity contribution in [3.63, 3.8) is 0 Å². The van der Waals surface area contributed by atoms with Gasteiger partial charge < -0.3 is 10.6 Å². The van der Waals surface area contributed by atoms with Crippen LogP contribution < -0.4 is 16.0 Å². The SMILES string of the molecule is O=C(Nc1ccc(Nc2ccc(Cl)cc2)cn1)NC1CCCCC1. The molecular weight excluding hydrogens is 324 g/mol. The number of nitrogens with zero attached hydrogens (tertiary/aromatic N) is 1. The van der Waals surface area contributed by atoms with E-state index in [1.54, 1.807) is 12.3 Å². The molecule has 5 nitrogen and oxygen atoms in total. The number of anilines is 3. The lowest BCUT2D eigenvalue weighted by molar-refractivity contribution is 0.244. The Bertz CT molecular complexity index is 666. The van der Waals surface area contributed by atoms with Crippen molar-refractivity contribution in [1.82, 2.24) is 10.3 Å². The molecule has 3 N–H and O–H groups in total. The summed E-state index contributed by atoms with van der Waals surface area (Å²) in [4.78, 5) is 16.3. The van der Waals surface area contributed by atoms with Gasteiger partial charge in [-0.15, -0.1) is 0 Å². The van der Waals surface area contributed by atoms with E-state index in [4.69, 9.17) is 11.6 Å². The summed E-state index contributed by atoms with van der Waals surface area (Å²) in [5, 5.41) is 9.71. The summed E-state index contributed by atoms with van der Waals surface area (Å²) in [6.07, 6.45) is 7.45. The first-order valence-electron chi connectivity index (χ1n) is 8.25. The Morgan fingerprint density at radius 1 is 1.00 bits per heavy atom. The number of aromatic nitrogens is 1. The number of benzene rings is 1. The third kappa shape index (κ3) is 4.86. The maximum Gasteiger partial charge on any atom is 0.320 e. The van der Waals surface area contributed by atoms with Gasteiger partial charge in [0.2, 0.25) is 0 Å². The highest BCUT2D eigenvalue weighted by Crippen LogP contribution is 2.20. The lowest BCUT2D eigenvalue weighted by Crippen LogP contribution is -2.39. The maximum absolute atomic E-state index is 12.0. The van der Waals surface area contributed by atoms with Gasteiger partial charge >= 0.3 is 6.03 Å². The topological polar surface area (TPSA) is 66.0 Å². The quantitative estimate of drug-likeness (QED) is 0.736. The van der Waals surface area contributed by atoms with Crippen LogP contribution in [-0.2, 0) is 0 Å². The van der Waals surface area contributed by atoms with Gasteiger partial charge in [-0.2, -0.15) is 0 Å². The van der Waals surface area contributed by atoms with Gasteiger partial charge in [-0.3, -0.25) is 5.32 Å². The van der Waals surface area contributed by atoms with E-state index in [1.807, 2.05) is 30.3 Å². The molecule has 0 bridgehead atoms. The fraction of sp³-hybridized carbons (Fsp3) is 0.333. The van der Waals surface area contributed by atoms with Gasteiger partial charge in [0.25, 0.3) is 0 Å². The van der Waals surface area contributed by atoms with Crippen molar-refractivity contribution in [1.29, 1.82) is 0 Å². The highest BCUT2D eigenvalue weighted by Gasteiger charge is 2.15. The molecule has 1 aromatic carbocycles. The first-order valence-corrected chi connectivity index (χ1v) is 8.63. The Morgan fingerprint density at radius 3 is 2.38 bits per heavy atom. The molecule has 1 aliphatic carbocycles. The molecule has 0 saturated heterocycles. The van der Waals surface area contributed by atoms with Gasteiger partial charge in [0.05, 0.1) is 11.9 Å². The van der Waals surface area contributed by atoms with Crippen LogP contribution in [0.2, 0.25) is 5.02 Å². The second-order valence-electron chi connectivity index (χ2n) is 6.00. The lowest BCUT2D eigenvalue weighted by atomic mass is 9.96. The summed E-state index contributed by atoms with van der Waals surface area (Å²) in [5.41, 5.74) is 1.77. The average molecular weight is 345 g/mol. The van der Waals surface area contributed by atoms with Crippen LogP contribution in [0.3, 0.4) is 0 Å². The fourth-order valence-electron chi connectivity index (χ4n) is 2.83. The maximum atomic E-state index is 12.0. The molecule has 1 fully saturated rings. The molecule has 0 atom stereocenters. The number of carbonyl (C=O) groups is 1. The average Bonchev–Trinajstić information content (AvgIpc) is 2.59. The molecule has 6 heteroatoms. The molecule has 3 rings (SSSR count). The molecule has 24 heavy (non-hydrogen) atoms. The third-order valence-corrected chi connectivity index (χ3v) is 4.33. The van der Waals surface area contributed by atoms with Gasteiger partial charge in [0.15, 0.2) is 0 Å². The van der Waals surface area contributed by atoms with Crippen molar-refractivity contribution >= 4 is 34.8 Å². The molecule has 126 valence electrons. The van der Waals surface area contributed by atoms with E-state index in [9.17, 15) is 4.79 Å². The van der Waals surface area contributed by atoms with Crippen molar-refractivity contribution < 1.29 is 4.79 Å². The van der Waals surface area contributed by atoms with Crippen LogP contribution in [-0.4, -0.2) is 17.1 Å². The Labute approximate surface area is 146 Å². The predicted octanol–water partition coefficient (Wildman–Crippen LogP) is 4.93. The molecule has 1 saturated carbocycles. The van der Waals surface area contributed by atoms with Crippen LogP contribution >= 0.6 is 11.6 Å². The first-order chi connectivity index (χ1) is 11.7. The van der Waals surface area contributed by atoms with Crippen molar-refractivity contribution in [2.24, 2.45) is 0 Å². The monoisotopic (exact) mass is 344 g/mol. The largest absolute Gasteiger partial charge is 0.354 e. The summed E-state index contributed by atoms with van der Waals surface area (Å²) in [5.74, 6) is 0.532. The van der Waals surface area contributed by atoms with Crippen LogP contribution in [0.1, 0.15) is 32.1 Å². The number of carbonyl (C=O) groups excluding carboxylic acids is 1. The third-order valence-electron chi connectivity index (χ3n) is 4.08. The number of urea groups is 1. The summed E-state index contributed by atoms with van der Waals surface area (Å²) in [6, 6.07) is 11.2. The highest BCUT2D eigenvalue weighted by molar-refractivity contribution is 6.30. The minimum Gasteiger partial charge on any atom is -0.354 e.